The Balaban J connectivity index is 2.38. The van der Waals surface area contributed by atoms with Crippen molar-refractivity contribution in [1.82, 2.24) is 0 Å². The summed E-state index contributed by atoms with van der Waals surface area (Å²) < 4.78 is 0. The maximum Gasteiger partial charge on any atom is 0.160 e. The number of nitrogens with zero attached hydrogens (tertiary/aromatic N) is 1. The van der Waals surface area contributed by atoms with Gasteiger partial charge >= 0.3 is 0 Å². The van der Waals surface area contributed by atoms with Crippen molar-refractivity contribution in [2.75, 3.05) is 11.4 Å². The van der Waals surface area contributed by atoms with E-state index in [1.54, 1.807) is 12.1 Å². The van der Waals surface area contributed by atoms with Crippen molar-refractivity contribution in [3.8, 4) is 5.75 Å². The van der Waals surface area contributed by atoms with E-state index < -0.39 is 5.50 Å². The first-order valence-corrected chi connectivity index (χ1v) is 5.34. The second-order valence-electron chi connectivity index (χ2n) is 3.62. The van der Waals surface area contributed by atoms with Crippen molar-refractivity contribution >= 4 is 23.6 Å². The van der Waals surface area contributed by atoms with Crippen molar-refractivity contribution in [2.45, 2.75) is 18.3 Å². The van der Waals surface area contributed by atoms with Crippen LogP contribution in [0.2, 0.25) is 0 Å². The molecule has 3 nitrogen and oxygen atoms in total. The number of hydrogen-bond acceptors (Lipinski definition) is 3. The van der Waals surface area contributed by atoms with Gasteiger partial charge in [-0.15, -0.1) is 0 Å². The normalized spacial score (nSPS) is 17.0. The number of carbonyl (C=O) groups is 1. The van der Waals surface area contributed by atoms with Gasteiger partial charge < -0.3 is 10.0 Å². The fourth-order valence-electron chi connectivity index (χ4n) is 1.94. The van der Waals surface area contributed by atoms with Gasteiger partial charge in [-0.05, 0) is 36.6 Å². The van der Waals surface area contributed by atoms with Crippen LogP contribution in [0.25, 0.3) is 0 Å². The van der Waals surface area contributed by atoms with Gasteiger partial charge in [0.25, 0.3) is 0 Å². The average molecular weight is 226 g/mol. The SMILES string of the molecule is O=C[C@H](Cl)N1CCCc2cc(O)ccc21. The van der Waals surface area contributed by atoms with Gasteiger partial charge in [0.2, 0.25) is 0 Å². The van der Waals surface area contributed by atoms with E-state index in [0.717, 1.165) is 36.9 Å². The number of phenols is 1. The van der Waals surface area contributed by atoms with Crippen molar-refractivity contribution in [3.05, 3.63) is 23.8 Å². The highest BCUT2D eigenvalue weighted by Gasteiger charge is 2.22. The molecule has 0 saturated carbocycles. The van der Waals surface area contributed by atoms with Crippen LogP contribution < -0.4 is 4.90 Å². The van der Waals surface area contributed by atoms with Crippen LogP contribution in [0.15, 0.2) is 18.2 Å². The molecule has 0 saturated heterocycles. The molecule has 15 heavy (non-hydrogen) atoms. The summed E-state index contributed by atoms with van der Waals surface area (Å²) in [6.07, 6.45) is 2.60. The van der Waals surface area contributed by atoms with Crippen LogP contribution in [0, 0.1) is 0 Å². The molecule has 0 radical (unpaired) electrons. The number of alkyl halides is 1. The molecule has 1 aromatic carbocycles. The van der Waals surface area contributed by atoms with Crippen LogP contribution >= 0.6 is 11.6 Å². The summed E-state index contributed by atoms with van der Waals surface area (Å²) in [4.78, 5) is 12.5. The molecule has 2 rings (SSSR count). The second-order valence-corrected chi connectivity index (χ2v) is 4.07. The number of anilines is 1. The lowest BCUT2D eigenvalue weighted by molar-refractivity contribution is -0.107. The smallest absolute Gasteiger partial charge is 0.160 e. The minimum absolute atomic E-state index is 0.257. The third-order valence-electron chi connectivity index (χ3n) is 2.63. The van der Waals surface area contributed by atoms with Crippen molar-refractivity contribution in [1.29, 1.82) is 0 Å². The van der Waals surface area contributed by atoms with E-state index in [9.17, 15) is 9.90 Å². The Kier molecular flexibility index (Phi) is 2.82. The van der Waals surface area contributed by atoms with E-state index in [0.29, 0.717) is 0 Å². The van der Waals surface area contributed by atoms with E-state index in [1.165, 1.54) is 0 Å². The second kappa shape index (κ2) is 4.11. The molecule has 0 amide bonds. The summed E-state index contributed by atoms with van der Waals surface area (Å²) in [5.41, 5.74) is 1.38. The molecule has 4 heteroatoms. The zero-order valence-electron chi connectivity index (χ0n) is 8.19. The molecule has 0 bridgehead atoms. The van der Waals surface area contributed by atoms with E-state index in [-0.39, 0.29) is 5.75 Å². The summed E-state index contributed by atoms with van der Waals surface area (Å²) in [5.74, 6) is 0.257. The minimum Gasteiger partial charge on any atom is -0.508 e. The summed E-state index contributed by atoms with van der Waals surface area (Å²) in [5, 5.41) is 9.35. The first-order valence-electron chi connectivity index (χ1n) is 4.90. The van der Waals surface area contributed by atoms with Gasteiger partial charge in [0.15, 0.2) is 11.8 Å². The monoisotopic (exact) mass is 225 g/mol. The number of carbonyl (C=O) groups excluding carboxylic acids is 1. The summed E-state index contributed by atoms with van der Waals surface area (Å²) >= 11 is 5.91. The molecular weight excluding hydrogens is 214 g/mol. The third-order valence-corrected chi connectivity index (χ3v) is 2.97. The molecule has 0 aromatic heterocycles. The number of benzene rings is 1. The predicted octanol–water partition coefficient (Wildman–Crippen LogP) is 1.91. The highest BCUT2D eigenvalue weighted by atomic mass is 35.5. The molecule has 0 spiro atoms. The third kappa shape index (κ3) is 1.92. The number of aryl methyl sites for hydroxylation is 1. The number of fused-ring (bicyclic) bond motifs is 1. The lowest BCUT2D eigenvalue weighted by Crippen LogP contribution is -2.36. The van der Waals surface area contributed by atoms with Crippen LogP contribution in [0.1, 0.15) is 12.0 Å². The highest BCUT2D eigenvalue weighted by molar-refractivity contribution is 6.29. The largest absolute Gasteiger partial charge is 0.508 e. The summed E-state index contributed by atoms with van der Waals surface area (Å²) in [6.45, 7) is 0.782. The number of phenolic OH excluding ortho intramolecular Hbond substituents is 1. The number of rotatable bonds is 2. The van der Waals surface area contributed by atoms with Gasteiger partial charge in [0.1, 0.15) is 5.75 Å². The topological polar surface area (TPSA) is 40.5 Å². The molecule has 1 aliphatic rings. The Labute approximate surface area is 93.3 Å². The van der Waals surface area contributed by atoms with Crippen LogP contribution in [-0.4, -0.2) is 23.4 Å². The number of aromatic hydroxyl groups is 1. The Bertz CT molecular complexity index is 381. The zero-order valence-corrected chi connectivity index (χ0v) is 8.94. The molecule has 1 heterocycles. The van der Waals surface area contributed by atoms with Crippen LogP contribution in [0.3, 0.4) is 0 Å². The lowest BCUT2D eigenvalue weighted by Gasteiger charge is -2.32. The van der Waals surface area contributed by atoms with Gasteiger partial charge in [-0.1, -0.05) is 11.6 Å². The van der Waals surface area contributed by atoms with E-state index in [2.05, 4.69) is 0 Å². The Morgan fingerprint density at radius 3 is 3.07 bits per heavy atom. The minimum atomic E-state index is -0.617. The molecule has 0 unspecified atom stereocenters. The van der Waals surface area contributed by atoms with E-state index in [4.69, 9.17) is 11.6 Å². The molecule has 80 valence electrons. The molecule has 1 atom stereocenters. The first-order chi connectivity index (χ1) is 7.22. The zero-order chi connectivity index (χ0) is 10.8. The predicted molar refractivity (Wildman–Crippen MR) is 59.5 cm³/mol. The molecule has 1 aromatic rings. The average Bonchev–Trinajstić information content (AvgIpc) is 2.26. The van der Waals surface area contributed by atoms with Gasteiger partial charge in [-0.2, -0.15) is 0 Å². The highest BCUT2D eigenvalue weighted by Crippen LogP contribution is 2.31. The Hall–Kier alpha value is -1.22. The van der Waals surface area contributed by atoms with Crippen LogP contribution in [0.4, 0.5) is 5.69 Å². The van der Waals surface area contributed by atoms with Crippen LogP contribution in [-0.2, 0) is 11.2 Å². The Morgan fingerprint density at radius 1 is 1.53 bits per heavy atom. The summed E-state index contributed by atoms with van der Waals surface area (Å²) in [6, 6.07) is 5.16. The van der Waals surface area contributed by atoms with Crippen molar-refractivity contribution < 1.29 is 9.90 Å². The fourth-order valence-corrected chi connectivity index (χ4v) is 2.15. The first kappa shape index (κ1) is 10.3. The van der Waals surface area contributed by atoms with Gasteiger partial charge in [0, 0.05) is 12.2 Å². The van der Waals surface area contributed by atoms with Gasteiger partial charge in [-0.25, -0.2) is 0 Å². The number of hydrogen-bond donors (Lipinski definition) is 1. The van der Waals surface area contributed by atoms with Crippen molar-refractivity contribution in [3.63, 3.8) is 0 Å². The molecule has 1 aliphatic heterocycles. The Morgan fingerprint density at radius 2 is 2.33 bits per heavy atom. The maximum atomic E-state index is 10.7. The molecule has 0 aliphatic carbocycles. The summed E-state index contributed by atoms with van der Waals surface area (Å²) in [7, 11) is 0. The van der Waals surface area contributed by atoms with E-state index in [1.807, 2.05) is 11.0 Å². The molecule has 1 N–H and O–H groups in total. The maximum absolute atomic E-state index is 10.7. The van der Waals surface area contributed by atoms with Crippen LogP contribution in [0.5, 0.6) is 5.75 Å². The fraction of sp³-hybridized carbons (Fsp3) is 0.364. The quantitative estimate of drug-likeness (QED) is 0.475. The lowest BCUT2D eigenvalue weighted by atomic mass is 10.0. The standard InChI is InChI=1S/C11H12ClNO2/c12-11(7-14)13-5-1-2-8-6-9(15)3-4-10(8)13/h3-4,6-7,11,15H,1-2,5H2/t11-/m1/s1. The van der Waals surface area contributed by atoms with E-state index >= 15 is 0 Å². The molecular formula is C11H12ClNO2. The van der Waals surface area contributed by atoms with Gasteiger partial charge in [0.05, 0.1) is 0 Å². The number of halogens is 1. The number of aldehydes is 1. The van der Waals surface area contributed by atoms with Crippen molar-refractivity contribution in [2.24, 2.45) is 0 Å². The molecule has 0 fully saturated rings. The van der Waals surface area contributed by atoms with Gasteiger partial charge in [-0.3, -0.25) is 4.79 Å².